The predicted molar refractivity (Wildman–Crippen MR) is 106 cm³/mol. The van der Waals surface area contributed by atoms with E-state index in [0.717, 1.165) is 35.6 Å². The zero-order valence-electron chi connectivity index (χ0n) is 15.9. The van der Waals surface area contributed by atoms with Crippen molar-refractivity contribution >= 4 is 15.7 Å². The average molecular weight is 423 g/mol. The van der Waals surface area contributed by atoms with Crippen LogP contribution < -0.4 is 10.5 Å². The molecule has 1 fully saturated rings. The van der Waals surface area contributed by atoms with Gasteiger partial charge in [0.15, 0.2) is 0 Å². The third-order valence-electron chi connectivity index (χ3n) is 5.44. The Balaban J connectivity index is 1.44. The van der Waals surface area contributed by atoms with Crippen molar-refractivity contribution in [3.63, 3.8) is 0 Å². The van der Waals surface area contributed by atoms with E-state index in [1.54, 1.807) is 6.07 Å². The predicted octanol–water partition coefficient (Wildman–Crippen LogP) is 2.51. The Morgan fingerprint density at radius 3 is 2.62 bits per heavy atom. The first-order chi connectivity index (χ1) is 13.7. The first kappa shape index (κ1) is 20.2. The van der Waals surface area contributed by atoms with Crippen LogP contribution in [0, 0.1) is 11.6 Å². The van der Waals surface area contributed by atoms with Crippen LogP contribution in [0.5, 0.6) is 0 Å². The van der Waals surface area contributed by atoms with Gasteiger partial charge in [-0.1, -0.05) is 6.07 Å². The minimum Gasteiger partial charge on any atom is -0.370 e. The van der Waals surface area contributed by atoms with E-state index in [4.69, 9.17) is 10.5 Å². The molecule has 0 amide bonds. The van der Waals surface area contributed by atoms with Gasteiger partial charge in [0.25, 0.3) is 0 Å². The Hall–Kier alpha value is -2.07. The fourth-order valence-corrected chi connectivity index (χ4v) is 4.66. The van der Waals surface area contributed by atoms with Gasteiger partial charge in [-0.2, -0.15) is 0 Å². The standard InChI is InChI=1S/C20H23F2N3O3S/c1-29(26,27)24-15-4-2-12-9-25(10-13(12)6-15)16-8-19(23)20(28-11-16)17-7-14(21)3-5-18(17)22/h2-7,16,19-20,24H,8-11,23H2,1H3/t16-,19+,20-/m1/s1. The van der Waals surface area contributed by atoms with Crippen molar-refractivity contribution in [1.82, 2.24) is 4.90 Å². The quantitative estimate of drug-likeness (QED) is 0.790. The zero-order valence-corrected chi connectivity index (χ0v) is 16.8. The summed E-state index contributed by atoms with van der Waals surface area (Å²) >= 11 is 0. The molecule has 3 atom stereocenters. The summed E-state index contributed by atoms with van der Waals surface area (Å²) in [5.74, 6) is -1.04. The van der Waals surface area contributed by atoms with Gasteiger partial charge >= 0.3 is 0 Å². The number of anilines is 1. The third-order valence-corrected chi connectivity index (χ3v) is 6.05. The van der Waals surface area contributed by atoms with Gasteiger partial charge in [-0.05, 0) is 47.9 Å². The molecule has 0 aliphatic carbocycles. The number of nitrogens with zero attached hydrogens (tertiary/aromatic N) is 1. The zero-order chi connectivity index (χ0) is 20.8. The molecule has 156 valence electrons. The molecule has 3 N–H and O–H groups in total. The maximum Gasteiger partial charge on any atom is 0.229 e. The highest BCUT2D eigenvalue weighted by molar-refractivity contribution is 7.92. The molecule has 0 radical (unpaired) electrons. The Morgan fingerprint density at radius 1 is 1.14 bits per heavy atom. The summed E-state index contributed by atoms with van der Waals surface area (Å²) in [6.45, 7) is 1.71. The highest BCUT2D eigenvalue weighted by Crippen LogP contribution is 2.34. The van der Waals surface area contributed by atoms with Crippen LogP contribution in [-0.2, 0) is 27.8 Å². The second kappa shape index (κ2) is 7.64. The minimum absolute atomic E-state index is 0.0385. The van der Waals surface area contributed by atoms with Crippen molar-refractivity contribution < 1.29 is 21.9 Å². The highest BCUT2D eigenvalue weighted by atomic mass is 32.2. The molecule has 1 saturated heterocycles. The van der Waals surface area contributed by atoms with Crippen LogP contribution in [-0.4, -0.2) is 38.3 Å². The minimum atomic E-state index is -3.33. The summed E-state index contributed by atoms with van der Waals surface area (Å²) in [5, 5.41) is 0. The lowest BCUT2D eigenvalue weighted by Gasteiger charge is -2.38. The molecular formula is C20H23F2N3O3S. The van der Waals surface area contributed by atoms with Crippen LogP contribution >= 0.6 is 0 Å². The van der Waals surface area contributed by atoms with Gasteiger partial charge in [0.05, 0.1) is 12.9 Å². The van der Waals surface area contributed by atoms with Gasteiger partial charge in [-0.3, -0.25) is 9.62 Å². The second-order valence-corrected chi connectivity index (χ2v) is 9.48. The van der Waals surface area contributed by atoms with Crippen LogP contribution in [0.15, 0.2) is 36.4 Å². The highest BCUT2D eigenvalue weighted by Gasteiger charge is 2.36. The Morgan fingerprint density at radius 2 is 1.90 bits per heavy atom. The number of nitrogens with two attached hydrogens (primary N) is 1. The van der Waals surface area contributed by atoms with Crippen molar-refractivity contribution in [3.8, 4) is 0 Å². The number of fused-ring (bicyclic) bond motifs is 1. The van der Waals surface area contributed by atoms with Crippen LogP contribution in [0.3, 0.4) is 0 Å². The van der Waals surface area contributed by atoms with Gasteiger partial charge in [0, 0.05) is 36.4 Å². The van der Waals surface area contributed by atoms with Crippen molar-refractivity contribution in [2.24, 2.45) is 5.73 Å². The molecule has 2 aromatic carbocycles. The molecule has 9 heteroatoms. The second-order valence-electron chi connectivity index (χ2n) is 7.74. The number of hydrogen-bond donors (Lipinski definition) is 2. The summed E-state index contributed by atoms with van der Waals surface area (Å²) in [5.41, 5.74) is 9.12. The number of halogens is 2. The summed E-state index contributed by atoms with van der Waals surface area (Å²) in [6.07, 6.45) is 1.02. The molecular weight excluding hydrogens is 400 g/mol. The van der Waals surface area contributed by atoms with Gasteiger partial charge in [0.1, 0.15) is 17.7 Å². The Kier molecular flexibility index (Phi) is 5.32. The molecule has 0 bridgehead atoms. The number of nitrogens with one attached hydrogen (secondary N) is 1. The van der Waals surface area contributed by atoms with Gasteiger partial charge < -0.3 is 10.5 Å². The Bertz CT molecular complexity index is 1030. The van der Waals surface area contributed by atoms with Crippen molar-refractivity contribution in [2.45, 2.75) is 37.7 Å². The molecule has 0 unspecified atom stereocenters. The molecule has 2 aliphatic rings. The SMILES string of the molecule is CS(=O)(=O)Nc1ccc2c(c1)CN([C@H]1CO[C@H](c3cc(F)ccc3F)[C@@H](N)C1)C2. The van der Waals surface area contributed by atoms with Gasteiger partial charge in [-0.15, -0.1) is 0 Å². The molecule has 0 aromatic heterocycles. The van der Waals surface area contributed by atoms with E-state index in [-0.39, 0.29) is 11.6 Å². The van der Waals surface area contributed by atoms with Crippen LogP contribution in [0.1, 0.15) is 29.2 Å². The van der Waals surface area contributed by atoms with Gasteiger partial charge in [0.2, 0.25) is 10.0 Å². The third kappa shape index (κ3) is 4.42. The van der Waals surface area contributed by atoms with Crippen LogP contribution in [0.2, 0.25) is 0 Å². The van der Waals surface area contributed by atoms with E-state index >= 15 is 0 Å². The van der Waals surface area contributed by atoms with Gasteiger partial charge in [-0.25, -0.2) is 17.2 Å². The fraction of sp³-hybridized carbons (Fsp3) is 0.400. The van der Waals surface area contributed by atoms with Crippen molar-refractivity contribution in [1.29, 1.82) is 0 Å². The number of benzene rings is 2. The molecule has 29 heavy (non-hydrogen) atoms. The average Bonchev–Trinajstić information content (AvgIpc) is 3.06. The molecule has 0 spiro atoms. The summed E-state index contributed by atoms with van der Waals surface area (Å²) in [7, 11) is -3.33. The molecule has 2 aliphatic heterocycles. The molecule has 2 heterocycles. The monoisotopic (exact) mass is 423 g/mol. The van der Waals surface area contributed by atoms with Crippen LogP contribution in [0.25, 0.3) is 0 Å². The lowest BCUT2D eigenvalue weighted by atomic mass is 9.93. The first-order valence-electron chi connectivity index (χ1n) is 9.35. The molecule has 4 rings (SSSR count). The van der Waals surface area contributed by atoms with Crippen molar-refractivity contribution in [2.75, 3.05) is 17.6 Å². The van der Waals surface area contributed by atoms with E-state index in [1.807, 2.05) is 12.1 Å². The van der Waals surface area contributed by atoms with E-state index in [9.17, 15) is 17.2 Å². The van der Waals surface area contributed by atoms with E-state index in [0.29, 0.717) is 31.8 Å². The van der Waals surface area contributed by atoms with Crippen LogP contribution in [0.4, 0.5) is 14.5 Å². The molecule has 2 aromatic rings. The smallest absolute Gasteiger partial charge is 0.229 e. The number of hydrogen-bond acceptors (Lipinski definition) is 5. The normalized spacial score (nSPS) is 25.0. The number of rotatable bonds is 4. The largest absolute Gasteiger partial charge is 0.370 e. The summed E-state index contributed by atoms with van der Waals surface area (Å²) in [4.78, 5) is 2.22. The van der Waals surface area contributed by atoms with E-state index in [1.165, 1.54) is 0 Å². The summed E-state index contributed by atoms with van der Waals surface area (Å²) < 4.78 is 58.9. The molecule has 6 nitrogen and oxygen atoms in total. The maximum atomic E-state index is 14.1. The Labute approximate surface area is 168 Å². The lowest BCUT2D eigenvalue weighted by molar-refractivity contribution is -0.0531. The van der Waals surface area contributed by atoms with Crippen molar-refractivity contribution in [3.05, 3.63) is 64.7 Å². The topological polar surface area (TPSA) is 84.7 Å². The summed E-state index contributed by atoms with van der Waals surface area (Å²) in [6, 6.07) is 8.38. The van der Waals surface area contributed by atoms with E-state index < -0.39 is 33.8 Å². The van der Waals surface area contributed by atoms with E-state index in [2.05, 4.69) is 9.62 Å². The first-order valence-corrected chi connectivity index (χ1v) is 11.2. The number of ether oxygens (including phenoxy) is 1. The lowest BCUT2D eigenvalue weighted by Crippen LogP contribution is -2.47. The molecule has 0 saturated carbocycles. The number of sulfonamides is 1. The maximum absolute atomic E-state index is 14.1. The fourth-order valence-electron chi connectivity index (χ4n) is 4.11.